The third-order valence-electron chi connectivity index (χ3n) is 3.02. The van der Waals surface area contributed by atoms with Crippen LogP contribution in [-0.2, 0) is 13.0 Å². The van der Waals surface area contributed by atoms with Crippen molar-refractivity contribution in [1.82, 2.24) is 10.3 Å². The molecule has 0 aliphatic heterocycles. The molecule has 2 rings (SSSR count). The second-order valence-corrected chi connectivity index (χ2v) is 4.39. The first-order valence-electron chi connectivity index (χ1n) is 6.89. The van der Waals surface area contributed by atoms with E-state index in [2.05, 4.69) is 48.9 Å². The van der Waals surface area contributed by atoms with Crippen LogP contribution in [0.1, 0.15) is 37.6 Å². The Bertz CT molecular complexity index is 552. The van der Waals surface area contributed by atoms with E-state index in [-0.39, 0.29) is 0 Å². The first-order valence-corrected chi connectivity index (χ1v) is 6.89. The molecule has 0 fully saturated rings. The Kier molecular flexibility index (Phi) is 5.49. The summed E-state index contributed by atoms with van der Waals surface area (Å²) < 4.78 is 0. The molecule has 0 aliphatic carbocycles. The van der Waals surface area contributed by atoms with Gasteiger partial charge in [0.2, 0.25) is 0 Å². The summed E-state index contributed by atoms with van der Waals surface area (Å²) in [5.41, 5.74) is 10.5. The number of nitrogens with one attached hydrogen (secondary N) is 2. The Morgan fingerprint density at radius 3 is 2.58 bits per heavy atom. The molecule has 4 N–H and O–H groups in total. The molecule has 3 nitrogen and oxygen atoms in total. The van der Waals surface area contributed by atoms with Crippen molar-refractivity contribution in [1.29, 1.82) is 0 Å². The molecular formula is C16H25N3. The Morgan fingerprint density at radius 1 is 1.32 bits per heavy atom. The van der Waals surface area contributed by atoms with Gasteiger partial charge in [0.25, 0.3) is 0 Å². The van der Waals surface area contributed by atoms with Crippen molar-refractivity contribution in [3.8, 4) is 0 Å². The van der Waals surface area contributed by atoms with E-state index in [0.717, 1.165) is 12.1 Å². The van der Waals surface area contributed by atoms with Gasteiger partial charge < -0.3 is 16.0 Å². The number of benzene rings is 1. The van der Waals surface area contributed by atoms with Crippen LogP contribution in [0.3, 0.4) is 0 Å². The van der Waals surface area contributed by atoms with E-state index in [0.29, 0.717) is 12.4 Å². The minimum absolute atomic E-state index is 0.495. The summed E-state index contributed by atoms with van der Waals surface area (Å²) >= 11 is 0. The standard InChI is InChI=1S/C14H19N3.C2H6/c1-4-11-6-12-7-13(8-16-10(3)15)17-14(12)5-9(11)2;1-2/h5-7,16-17H,3-4,8,15H2,1-2H3;1-2H3. The monoisotopic (exact) mass is 259 g/mol. The van der Waals surface area contributed by atoms with Gasteiger partial charge in [-0.2, -0.15) is 0 Å². The van der Waals surface area contributed by atoms with E-state index in [9.17, 15) is 0 Å². The van der Waals surface area contributed by atoms with Crippen LogP contribution in [0.4, 0.5) is 0 Å². The maximum Gasteiger partial charge on any atom is 0.0889 e. The Hall–Kier alpha value is -1.90. The normalized spacial score (nSPS) is 9.89. The van der Waals surface area contributed by atoms with E-state index in [4.69, 9.17) is 5.73 Å². The average Bonchev–Trinajstić information content (AvgIpc) is 2.79. The van der Waals surface area contributed by atoms with Gasteiger partial charge in [0.1, 0.15) is 0 Å². The van der Waals surface area contributed by atoms with Crippen molar-refractivity contribution < 1.29 is 0 Å². The van der Waals surface area contributed by atoms with E-state index >= 15 is 0 Å². The second-order valence-electron chi connectivity index (χ2n) is 4.39. The third-order valence-corrected chi connectivity index (χ3v) is 3.02. The predicted octanol–water partition coefficient (Wildman–Crippen LogP) is 3.58. The average molecular weight is 259 g/mol. The van der Waals surface area contributed by atoms with Gasteiger partial charge in [0, 0.05) is 11.2 Å². The van der Waals surface area contributed by atoms with Crippen molar-refractivity contribution in [3.63, 3.8) is 0 Å². The number of rotatable bonds is 4. The molecule has 104 valence electrons. The topological polar surface area (TPSA) is 53.8 Å². The fraction of sp³-hybridized carbons (Fsp3) is 0.375. The lowest BCUT2D eigenvalue weighted by Gasteiger charge is -2.02. The van der Waals surface area contributed by atoms with Crippen molar-refractivity contribution in [2.75, 3.05) is 0 Å². The van der Waals surface area contributed by atoms with Crippen LogP contribution in [-0.4, -0.2) is 4.98 Å². The van der Waals surface area contributed by atoms with Crippen LogP contribution in [0, 0.1) is 6.92 Å². The second kappa shape index (κ2) is 6.88. The number of aromatic amines is 1. The molecule has 0 radical (unpaired) electrons. The molecule has 0 amide bonds. The summed E-state index contributed by atoms with van der Waals surface area (Å²) in [5.74, 6) is 0.495. The number of aromatic nitrogens is 1. The highest BCUT2D eigenvalue weighted by molar-refractivity contribution is 5.82. The van der Waals surface area contributed by atoms with Crippen LogP contribution in [0.2, 0.25) is 0 Å². The number of aryl methyl sites for hydroxylation is 2. The fourth-order valence-corrected chi connectivity index (χ4v) is 2.08. The molecule has 0 saturated carbocycles. The highest BCUT2D eigenvalue weighted by atomic mass is 15.0. The molecule has 2 aromatic rings. The first kappa shape index (κ1) is 15.2. The molecular weight excluding hydrogens is 234 g/mol. The minimum atomic E-state index is 0.495. The number of hydrogen-bond acceptors (Lipinski definition) is 2. The van der Waals surface area contributed by atoms with E-state index < -0.39 is 0 Å². The zero-order valence-electron chi connectivity index (χ0n) is 12.4. The van der Waals surface area contributed by atoms with Crippen molar-refractivity contribution >= 4 is 10.9 Å². The van der Waals surface area contributed by atoms with E-state index in [1.807, 2.05) is 13.8 Å². The summed E-state index contributed by atoms with van der Waals surface area (Å²) in [5, 5.41) is 4.27. The number of nitrogens with two attached hydrogens (primary N) is 1. The molecule has 3 heteroatoms. The third kappa shape index (κ3) is 3.78. The quantitative estimate of drug-likeness (QED) is 0.786. The van der Waals surface area contributed by atoms with Crippen molar-refractivity contribution in [2.24, 2.45) is 5.73 Å². The van der Waals surface area contributed by atoms with E-state index in [1.165, 1.54) is 22.0 Å². The summed E-state index contributed by atoms with van der Waals surface area (Å²) in [7, 11) is 0. The minimum Gasteiger partial charge on any atom is -0.386 e. The van der Waals surface area contributed by atoms with Gasteiger partial charge in [-0.05, 0) is 48.1 Å². The lowest BCUT2D eigenvalue weighted by Crippen LogP contribution is -2.18. The predicted molar refractivity (Wildman–Crippen MR) is 83.9 cm³/mol. The van der Waals surface area contributed by atoms with Crippen molar-refractivity contribution in [3.05, 3.63) is 47.4 Å². The summed E-state index contributed by atoms with van der Waals surface area (Å²) in [6.45, 7) is 12.6. The molecule has 0 aliphatic rings. The van der Waals surface area contributed by atoms with Gasteiger partial charge in [-0.25, -0.2) is 0 Å². The molecule has 0 bridgehead atoms. The SMILES string of the molecule is C=C(N)NCc1cc2cc(CC)c(C)cc2[nH]1.CC. The van der Waals surface area contributed by atoms with Crippen LogP contribution < -0.4 is 11.1 Å². The molecule has 0 spiro atoms. The van der Waals surface area contributed by atoms with Gasteiger partial charge in [-0.3, -0.25) is 0 Å². The van der Waals surface area contributed by atoms with Crippen LogP contribution in [0.25, 0.3) is 10.9 Å². The molecule has 1 aromatic carbocycles. The van der Waals surface area contributed by atoms with Crippen LogP contribution >= 0.6 is 0 Å². The maximum absolute atomic E-state index is 5.48. The largest absolute Gasteiger partial charge is 0.386 e. The van der Waals surface area contributed by atoms with Gasteiger partial charge >= 0.3 is 0 Å². The maximum atomic E-state index is 5.48. The first-order chi connectivity index (χ1) is 9.10. The number of hydrogen-bond donors (Lipinski definition) is 3. The Morgan fingerprint density at radius 2 is 2.00 bits per heavy atom. The van der Waals surface area contributed by atoms with E-state index in [1.54, 1.807) is 0 Å². The van der Waals surface area contributed by atoms with Crippen LogP contribution in [0.15, 0.2) is 30.6 Å². The summed E-state index contributed by atoms with van der Waals surface area (Å²) in [6.07, 6.45) is 1.07. The highest BCUT2D eigenvalue weighted by Crippen LogP contribution is 2.21. The van der Waals surface area contributed by atoms with Gasteiger partial charge in [-0.15, -0.1) is 0 Å². The molecule has 1 heterocycles. The van der Waals surface area contributed by atoms with Gasteiger partial charge in [-0.1, -0.05) is 27.4 Å². The molecule has 1 aromatic heterocycles. The van der Waals surface area contributed by atoms with Crippen molar-refractivity contribution in [2.45, 2.75) is 40.7 Å². The molecule has 19 heavy (non-hydrogen) atoms. The van der Waals surface area contributed by atoms with Gasteiger partial charge in [0.15, 0.2) is 0 Å². The highest BCUT2D eigenvalue weighted by Gasteiger charge is 2.04. The lowest BCUT2D eigenvalue weighted by atomic mass is 10.0. The Balaban J connectivity index is 0.000000861. The van der Waals surface area contributed by atoms with Crippen LogP contribution in [0.5, 0.6) is 0 Å². The lowest BCUT2D eigenvalue weighted by molar-refractivity contribution is 0.788. The number of H-pyrrole nitrogens is 1. The molecule has 0 unspecified atom stereocenters. The Labute approximate surface area is 115 Å². The molecule has 0 atom stereocenters. The summed E-state index contributed by atoms with van der Waals surface area (Å²) in [4.78, 5) is 3.38. The fourth-order valence-electron chi connectivity index (χ4n) is 2.08. The smallest absolute Gasteiger partial charge is 0.0889 e. The van der Waals surface area contributed by atoms with Gasteiger partial charge in [0.05, 0.1) is 12.4 Å². The molecule has 0 saturated heterocycles. The zero-order valence-corrected chi connectivity index (χ0v) is 12.4. The number of fused-ring (bicyclic) bond motifs is 1. The summed E-state index contributed by atoms with van der Waals surface area (Å²) in [6, 6.07) is 6.61. The zero-order chi connectivity index (χ0) is 14.4.